The highest BCUT2D eigenvalue weighted by Crippen LogP contribution is 2.34. The molecule has 15 heavy (non-hydrogen) atoms. The Labute approximate surface area is 89.7 Å². The molecule has 3 N–H and O–H groups in total. The van der Waals surface area contributed by atoms with Crippen molar-refractivity contribution in [3.63, 3.8) is 0 Å². The molecule has 1 aliphatic carbocycles. The number of carbonyl (C=O) groups excluding carboxylic acids is 1. The molecule has 1 aliphatic rings. The van der Waals surface area contributed by atoms with Crippen molar-refractivity contribution in [1.82, 2.24) is 0 Å². The zero-order chi connectivity index (χ0) is 10.7. The molecule has 1 aromatic rings. The number of nitrogens with one attached hydrogen (secondary N) is 1. The minimum atomic E-state index is -0.511. The van der Waals surface area contributed by atoms with E-state index in [1.807, 2.05) is 12.1 Å². The first-order chi connectivity index (χ1) is 7.25. The van der Waals surface area contributed by atoms with Crippen LogP contribution in [0, 0.1) is 0 Å². The Bertz CT molecular complexity index is 339. The second-order valence-corrected chi connectivity index (χ2v) is 4.09. The second-order valence-electron chi connectivity index (χ2n) is 4.09. The van der Waals surface area contributed by atoms with Crippen molar-refractivity contribution in [3.8, 4) is 0 Å². The number of urea groups is 1. The fraction of sp³-hybridized carbons (Fsp3) is 0.417. The average molecular weight is 204 g/mol. The van der Waals surface area contributed by atoms with Crippen LogP contribution < -0.4 is 11.1 Å². The van der Waals surface area contributed by atoms with Crippen molar-refractivity contribution in [2.75, 3.05) is 5.32 Å². The molecule has 0 radical (unpaired) electrons. The van der Waals surface area contributed by atoms with Gasteiger partial charge in [-0.3, -0.25) is 0 Å². The number of carbonyl (C=O) groups is 1. The van der Waals surface area contributed by atoms with E-state index in [9.17, 15) is 4.79 Å². The predicted octanol–water partition coefficient (Wildman–Crippen LogP) is 2.83. The van der Waals surface area contributed by atoms with Gasteiger partial charge in [0.05, 0.1) is 0 Å². The molecule has 0 atom stereocenters. The highest BCUT2D eigenvalue weighted by Gasteiger charge is 2.16. The SMILES string of the molecule is NC(=O)Nc1ccc(C2CCCC2)cc1. The van der Waals surface area contributed by atoms with Crippen LogP contribution in [0.1, 0.15) is 37.2 Å². The number of hydrogen-bond donors (Lipinski definition) is 2. The van der Waals surface area contributed by atoms with E-state index in [0.717, 1.165) is 5.69 Å². The maximum atomic E-state index is 10.6. The summed E-state index contributed by atoms with van der Waals surface area (Å²) in [4.78, 5) is 10.6. The van der Waals surface area contributed by atoms with E-state index in [4.69, 9.17) is 5.73 Å². The molecule has 1 saturated carbocycles. The van der Waals surface area contributed by atoms with Crippen LogP contribution in [-0.4, -0.2) is 6.03 Å². The van der Waals surface area contributed by atoms with Crippen LogP contribution in [0.25, 0.3) is 0 Å². The van der Waals surface area contributed by atoms with Crippen LogP contribution in [0.4, 0.5) is 10.5 Å². The van der Waals surface area contributed by atoms with Gasteiger partial charge >= 0.3 is 6.03 Å². The Balaban J connectivity index is 2.06. The summed E-state index contributed by atoms with van der Waals surface area (Å²) >= 11 is 0. The first kappa shape index (κ1) is 10.0. The van der Waals surface area contributed by atoms with Crippen LogP contribution in [0.2, 0.25) is 0 Å². The maximum Gasteiger partial charge on any atom is 0.316 e. The summed E-state index contributed by atoms with van der Waals surface area (Å²) in [5.74, 6) is 0.715. The zero-order valence-electron chi connectivity index (χ0n) is 8.70. The third-order valence-corrected chi connectivity index (χ3v) is 3.00. The van der Waals surface area contributed by atoms with Gasteiger partial charge in [-0.15, -0.1) is 0 Å². The van der Waals surface area contributed by atoms with E-state index in [-0.39, 0.29) is 0 Å². The lowest BCUT2D eigenvalue weighted by Crippen LogP contribution is -2.19. The van der Waals surface area contributed by atoms with Gasteiger partial charge < -0.3 is 11.1 Å². The van der Waals surface area contributed by atoms with Gasteiger partial charge in [-0.05, 0) is 36.5 Å². The smallest absolute Gasteiger partial charge is 0.316 e. The quantitative estimate of drug-likeness (QED) is 0.764. The summed E-state index contributed by atoms with van der Waals surface area (Å²) in [6, 6.07) is 7.49. The van der Waals surface area contributed by atoms with Crippen LogP contribution >= 0.6 is 0 Å². The molecule has 1 fully saturated rings. The minimum Gasteiger partial charge on any atom is -0.351 e. The van der Waals surface area contributed by atoms with E-state index in [1.54, 1.807) is 0 Å². The molecule has 0 aromatic heterocycles. The highest BCUT2D eigenvalue weighted by atomic mass is 16.2. The molecule has 2 rings (SSSR count). The summed E-state index contributed by atoms with van der Waals surface area (Å²) < 4.78 is 0. The normalized spacial score (nSPS) is 16.5. The molecule has 0 heterocycles. The fourth-order valence-electron chi connectivity index (χ4n) is 2.24. The number of nitrogens with two attached hydrogens (primary N) is 1. The third-order valence-electron chi connectivity index (χ3n) is 3.00. The van der Waals surface area contributed by atoms with Gasteiger partial charge in [0, 0.05) is 5.69 Å². The van der Waals surface area contributed by atoms with E-state index in [0.29, 0.717) is 5.92 Å². The maximum absolute atomic E-state index is 10.6. The summed E-state index contributed by atoms with van der Waals surface area (Å²) in [5.41, 5.74) is 7.18. The van der Waals surface area contributed by atoms with E-state index < -0.39 is 6.03 Å². The van der Waals surface area contributed by atoms with Gasteiger partial charge in [0.2, 0.25) is 0 Å². The van der Waals surface area contributed by atoms with Crippen molar-refractivity contribution in [3.05, 3.63) is 29.8 Å². The average Bonchev–Trinajstić information content (AvgIpc) is 2.71. The molecule has 3 heteroatoms. The lowest BCUT2D eigenvalue weighted by Gasteiger charge is -2.10. The molecule has 80 valence electrons. The van der Waals surface area contributed by atoms with Crippen LogP contribution in [0.3, 0.4) is 0 Å². The zero-order valence-corrected chi connectivity index (χ0v) is 8.70. The Morgan fingerprint density at radius 3 is 2.33 bits per heavy atom. The van der Waals surface area contributed by atoms with Crippen molar-refractivity contribution >= 4 is 11.7 Å². The van der Waals surface area contributed by atoms with Crippen LogP contribution in [0.15, 0.2) is 24.3 Å². The number of hydrogen-bond acceptors (Lipinski definition) is 1. The van der Waals surface area contributed by atoms with Gasteiger partial charge in [-0.2, -0.15) is 0 Å². The van der Waals surface area contributed by atoms with Gasteiger partial charge in [-0.1, -0.05) is 25.0 Å². The molecular formula is C12H16N2O. The van der Waals surface area contributed by atoms with E-state index in [1.165, 1.54) is 31.2 Å². The molecule has 0 bridgehead atoms. The molecule has 0 unspecified atom stereocenters. The molecule has 1 aromatic carbocycles. The Morgan fingerprint density at radius 2 is 1.80 bits per heavy atom. The Morgan fingerprint density at radius 1 is 1.20 bits per heavy atom. The number of amides is 2. The van der Waals surface area contributed by atoms with Gasteiger partial charge in [-0.25, -0.2) is 4.79 Å². The second kappa shape index (κ2) is 4.34. The van der Waals surface area contributed by atoms with E-state index >= 15 is 0 Å². The lowest BCUT2D eigenvalue weighted by molar-refractivity contribution is 0.259. The van der Waals surface area contributed by atoms with Crippen molar-refractivity contribution < 1.29 is 4.79 Å². The molecular weight excluding hydrogens is 188 g/mol. The van der Waals surface area contributed by atoms with E-state index in [2.05, 4.69) is 17.4 Å². The number of anilines is 1. The van der Waals surface area contributed by atoms with Crippen LogP contribution in [-0.2, 0) is 0 Å². The molecule has 0 aliphatic heterocycles. The first-order valence-electron chi connectivity index (χ1n) is 5.42. The number of primary amides is 1. The van der Waals surface area contributed by atoms with Crippen molar-refractivity contribution in [2.24, 2.45) is 5.73 Å². The minimum absolute atomic E-state index is 0.511. The molecule has 3 nitrogen and oxygen atoms in total. The van der Waals surface area contributed by atoms with Gasteiger partial charge in [0.1, 0.15) is 0 Å². The molecule has 0 saturated heterocycles. The molecule has 0 spiro atoms. The van der Waals surface area contributed by atoms with Gasteiger partial charge in [0.15, 0.2) is 0 Å². The lowest BCUT2D eigenvalue weighted by atomic mass is 9.98. The fourth-order valence-corrected chi connectivity index (χ4v) is 2.24. The summed E-state index contributed by atoms with van der Waals surface area (Å²) in [6.07, 6.45) is 5.27. The monoisotopic (exact) mass is 204 g/mol. The standard InChI is InChI=1S/C12H16N2O/c13-12(15)14-11-7-5-10(6-8-11)9-3-1-2-4-9/h5-9H,1-4H2,(H3,13,14,15). The largest absolute Gasteiger partial charge is 0.351 e. The van der Waals surface area contributed by atoms with Crippen molar-refractivity contribution in [2.45, 2.75) is 31.6 Å². The predicted molar refractivity (Wildman–Crippen MR) is 60.9 cm³/mol. The summed E-state index contributed by atoms with van der Waals surface area (Å²) in [6.45, 7) is 0. The Kier molecular flexibility index (Phi) is 2.90. The van der Waals surface area contributed by atoms with Crippen molar-refractivity contribution in [1.29, 1.82) is 0 Å². The van der Waals surface area contributed by atoms with Gasteiger partial charge in [0.25, 0.3) is 0 Å². The highest BCUT2D eigenvalue weighted by molar-refractivity contribution is 5.87. The Hall–Kier alpha value is -1.51. The molecule has 2 amide bonds. The number of rotatable bonds is 2. The first-order valence-corrected chi connectivity index (χ1v) is 5.42. The summed E-state index contributed by atoms with van der Waals surface area (Å²) in [7, 11) is 0. The number of benzene rings is 1. The topological polar surface area (TPSA) is 55.1 Å². The summed E-state index contributed by atoms with van der Waals surface area (Å²) in [5, 5.41) is 2.56. The van der Waals surface area contributed by atoms with Crippen LogP contribution in [0.5, 0.6) is 0 Å². The third kappa shape index (κ3) is 2.49.